The summed E-state index contributed by atoms with van der Waals surface area (Å²) in [6, 6.07) is 21.2. The van der Waals surface area contributed by atoms with E-state index in [4.69, 9.17) is 4.74 Å². The predicted molar refractivity (Wildman–Crippen MR) is 101 cm³/mol. The third kappa shape index (κ3) is 4.79. The number of halogens is 1. The van der Waals surface area contributed by atoms with Crippen molar-refractivity contribution in [2.24, 2.45) is 0 Å². The van der Waals surface area contributed by atoms with E-state index in [2.05, 4.69) is 5.32 Å². The highest BCUT2D eigenvalue weighted by molar-refractivity contribution is 5.95. The number of nitrogens with one attached hydrogen (secondary N) is 1. The first-order valence-corrected chi connectivity index (χ1v) is 8.42. The molecular weight excluding hydrogens is 345 g/mol. The van der Waals surface area contributed by atoms with Crippen LogP contribution in [0.4, 0.5) is 10.1 Å². The Bertz CT molecular complexity index is 939. The van der Waals surface area contributed by atoms with E-state index in [1.165, 1.54) is 31.2 Å². The first-order chi connectivity index (χ1) is 13.0. The van der Waals surface area contributed by atoms with Gasteiger partial charge in [0.15, 0.2) is 5.78 Å². The lowest BCUT2D eigenvalue weighted by Gasteiger charge is -2.19. The Morgan fingerprint density at radius 2 is 1.63 bits per heavy atom. The highest BCUT2D eigenvalue weighted by Crippen LogP contribution is 2.25. The number of carbonyl (C=O) groups is 2. The van der Waals surface area contributed by atoms with Crippen LogP contribution in [0.3, 0.4) is 0 Å². The third-order valence-corrected chi connectivity index (χ3v) is 3.95. The van der Waals surface area contributed by atoms with Crippen molar-refractivity contribution in [1.29, 1.82) is 0 Å². The molecule has 0 bridgehead atoms. The van der Waals surface area contributed by atoms with E-state index < -0.39 is 12.0 Å². The normalized spacial score (nSPS) is 11.5. The average Bonchev–Trinajstić information content (AvgIpc) is 2.68. The summed E-state index contributed by atoms with van der Waals surface area (Å²) in [5.74, 6) is -0.468. The summed E-state index contributed by atoms with van der Waals surface area (Å²) >= 11 is 0. The van der Waals surface area contributed by atoms with Crippen LogP contribution in [0, 0.1) is 5.82 Å². The summed E-state index contributed by atoms with van der Waals surface area (Å²) in [6.07, 6.45) is -0.932. The molecule has 0 heterocycles. The fraction of sp³-hybridized carbons (Fsp3) is 0.0909. The third-order valence-electron chi connectivity index (χ3n) is 3.95. The number of ketones is 1. The van der Waals surface area contributed by atoms with Crippen molar-refractivity contribution in [2.75, 3.05) is 5.32 Å². The van der Waals surface area contributed by atoms with E-state index in [1.807, 2.05) is 18.2 Å². The molecule has 5 heteroatoms. The fourth-order valence-electron chi connectivity index (χ4n) is 2.57. The molecule has 0 aliphatic carbocycles. The van der Waals surface area contributed by atoms with E-state index >= 15 is 0 Å². The van der Waals surface area contributed by atoms with Gasteiger partial charge in [0.05, 0.1) is 0 Å². The summed E-state index contributed by atoms with van der Waals surface area (Å²) in [5, 5.41) is 2.73. The van der Waals surface area contributed by atoms with Crippen molar-refractivity contribution >= 4 is 17.4 Å². The molecule has 0 spiro atoms. The molecule has 4 nitrogen and oxygen atoms in total. The quantitative estimate of drug-likeness (QED) is 0.641. The number of rotatable bonds is 6. The van der Waals surface area contributed by atoms with Crippen LogP contribution in [-0.2, 0) is 4.79 Å². The minimum atomic E-state index is -0.932. The van der Waals surface area contributed by atoms with Crippen LogP contribution in [0.2, 0.25) is 0 Å². The van der Waals surface area contributed by atoms with Crippen LogP contribution in [0.25, 0.3) is 0 Å². The van der Waals surface area contributed by atoms with Crippen molar-refractivity contribution < 1.29 is 18.7 Å². The number of amides is 1. The minimum absolute atomic E-state index is 0.0903. The van der Waals surface area contributed by atoms with Crippen molar-refractivity contribution in [2.45, 2.75) is 13.0 Å². The predicted octanol–water partition coefficient (Wildman–Crippen LogP) is 4.79. The molecule has 3 aromatic carbocycles. The first-order valence-electron chi connectivity index (χ1n) is 8.42. The second-order valence-corrected chi connectivity index (χ2v) is 5.99. The number of anilines is 1. The molecule has 0 radical (unpaired) electrons. The second-order valence-electron chi connectivity index (χ2n) is 5.99. The van der Waals surface area contributed by atoms with E-state index in [-0.39, 0.29) is 11.6 Å². The Morgan fingerprint density at radius 1 is 0.926 bits per heavy atom. The molecule has 3 aromatic rings. The Kier molecular flexibility index (Phi) is 5.61. The molecule has 0 fully saturated rings. The highest BCUT2D eigenvalue weighted by atomic mass is 19.1. The Morgan fingerprint density at radius 3 is 2.30 bits per heavy atom. The van der Waals surface area contributed by atoms with Crippen LogP contribution < -0.4 is 10.1 Å². The lowest BCUT2D eigenvalue weighted by atomic mass is 10.1. The van der Waals surface area contributed by atoms with Crippen LogP contribution in [0.15, 0.2) is 78.9 Å². The monoisotopic (exact) mass is 363 g/mol. The number of benzene rings is 3. The van der Waals surface area contributed by atoms with Crippen molar-refractivity contribution in [3.8, 4) is 5.75 Å². The molecule has 1 atom stereocenters. The van der Waals surface area contributed by atoms with E-state index in [1.54, 1.807) is 36.4 Å². The largest absolute Gasteiger partial charge is 0.476 e. The van der Waals surface area contributed by atoms with E-state index in [0.717, 1.165) is 0 Å². The number of carbonyl (C=O) groups excluding carboxylic acids is 2. The molecule has 3 rings (SSSR count). The second kappa shape index (κ2) is 8.27. The maximum Gasteiger partial charge on any atom is 0.270 e. The van der Waals surface area contributed by atoms with Gasteiger partial charge in [0.1, 0.15) is 11.6 Å². The van der Waals surface area contributed by atoms with Gasteiger partial charge in [-0.25, -0.2) is 4.39 Å². The summed E-state index contributed by atoms with van der Waals surface area (Å²) in [7, 11) is 0. The summed E-state index contributed by atoms with van der Waals surface area (Å²) in [5.41, 5.74) is 1.62. The number of ether oxygens (including phenoxy) is 1. The zero-order valence-electron chi connectivity index (χ0n) is 14.7. The summed E-state index contributed by atoms with van der Waals surface area (Å²) in [4.78, 5) is 24.4. The molecule has 0 unspecified atom stereocenters. The van der Waals surface area contributed by atoms with Gasteiger partial charge in [-0.05, 0) is 43.3 Å². The molecule has 1 amide bonds. The molecule has 0 aliphatic heterocycles. The first kappa shape index (κ1) is 18.3. The van der Waals surface area contributed by atoms with Gasteiger partial charge in [-0.3, -0.25) is 9.59 Å². The Hall–Kier alpha value is -3.47. The Labute approximate surface area is 156 Å². The van der Waals surface area contributed by atoms with E-state index in [0.29, 0.717) is 22.6 Å². The lowest BCUT2D eigenvalue weighted by molar-refractivity contribution is -0.123. The maximum absolute atomic E-state index is 13.1. The lowest BCUT2D eigenvalue weighted by Crippen LogP contribution is -2.25. The van der Waals surface area contributed by atoms with Crippen LogP contribution in [0.1, 0.15) is 28.9 Å². The zero-order chi connectivity index (χ0) is 19.2. The van der Waals surface area contributed by atoms with Gasteiger partial charge in [0.2, 0.25) is 6.10 Å². The maximum atomic E-state index is 13.1. The van der Waals surface area contributed by atoms with Crippen molar-refractivity contribution in [3.63, 3.8) is 0 Å². The van der Waals surface area contributed by atoms with Crippen molar-refractivity contribution in [3.05, 3.63) is 95.8 Å². The molecule has 0 aromatic heterocycles. The molecule has 0 saturated heterocycles. The van der Waals surface area contributed by atoms with Gasteiger partial charge < -0.3 is 10.1 Å². The average molecular weight is 363 g/mol. The molecule has 1 N–H and O–H groups in total. The standard InChI is InChI=1S/C22H18FNO3/c1-15(25)17-8-5-9-20(14-17)27-21(16-6-3-2-4-7-16)22(26)24-19-12-10-18(23)11-13-19/h2-14,21H,1H3,(H,24,26)/t21-/m1/s1. The van der Waals surface area contributed by atoms with Gasteiger partial charge in [-0.15, -0.1) is 0 Å². The van der Waals surface area contributed by atoms with Crippen LogP contribution in [-0.4, -0.2) is 11.7 Å². The van der Waals surface area contributed by atoms with Gasteiger partial charge in [-0.1, -0.05) is 42.5 Å². The topological polar surface area (TPSA) is 55.4 Å². The fourth-order valence-corrected chi connectivity index (χ4v) is 2.57. The minimum Gasteiger partial charge on any atom is -0.476 e. The number of Topliss-reactive ketones (excluding diaryl/α,β-unsaturated/α-hetero) is 1. The zero-order valence-corrected chi connectivity index (χ0v) is 14.7. The van der Waals surface area contributed by atoms with Gasteiger partial charge in [0.25, 0.3) is 5.91 Å². The summed E-state index contributed by atoms with van der Waals surface area (Å²) < 4.78 is 19.0. The number of hydrogen-bond acceptors (Lipinski definition) is 3. The van der Waals surface area contributed by atoms with Crippen LogP contribution >= 0.6 is 0 Å². The SMILES string of the molecule is CC(=O)c1cccc(O[C@@H](C(=O)Nc2ccc(F)cc2)c2ccccc2)c1. The summed E-state index contributed by atoms with van der Waals surface area (Å²) in [6.45, 7) is 1.47. The molecule has 136 valence electrons. The molecule has 0 saturated carbocycles. The Balaban J connectivity index is 1.87. The smallest absolute Gasteiger partial charge is 0.270 e. The molecule has 0 aliphatic rings. The van der Waals surface area contributed by atoms with Gasteiger partial charge in [-0.2, -0.15) is 0 Å². The van der Waals surface area contributed by atoms with E-state index in [9.17, 15) is 14.0 Å². The molecule has 27 heavy (non-hydrogen) atoms. The number of hydrogen-bond donors (Lipinski definition) is 1. The molecular formula is C22H18FNO3. The van der Waals surface area contributed by atoms with Crippen molar-refractivity contribution in [1.82, 2.24) is 0 Å². The van der Waals surface area contributed by atoms with Crippen LogP contribution in [0.5, 0.6) is 5.75 Å². The van der Waals surface area contributed by atoms with Gasteiger partial charge >= 0.3 is 0 Å². The van der Waals surface area contributed by atoms with Gasteiger partial charge in [0, 0.05) is 16.8 Å². The highest BCUT2D eigenvalue weighted by Gasteiger charge is 2.23.